The van der Waals surface area contributed by atoms with E-state index in [1.807, 2.05) is 13.8 Å². The minimum Gasteiger partial charge on any atom is -0.385 e. The van der Waals surface area contributed by atoms with Gasteiger partial charge in [0.15, 0.2) is 0 Å². The van der Waals surface area contributed by atoms with Crippen molar-refractivity contribution in [3.05, 3.63) is 29.8 Å². The quantitative estimate of drug-likeness (QED) is 0.794. The molecule has 1 saturated heterocycles. The van der Waals surface area contributed by atoms with Crippen LogP contribution in [0.3, 0.4) is 0 Å². The van der Waals surface area contributed by atoms with Crippen molar-refractivity contribution in [1.29, 1.82) is 0 Å². The smallest absolute Gasteiger partial charge is 0.141 e. The Morgan fingerprint density at radius 2 is 2.19 bits per heavy atom. The standard InChI is InChI=1S/C12H16FNO2/c1-11(2)8-12(15,3-4-16-11)9-5-10(13)7-14-6-9/h5-7,15H,3-4,8H2,1-2H3. The number of rotatable bonds is 1. The molecule has 16 heavy (non-hydrogen) atoms. The number of ether oxygens (including phenoxy) is 1. The number of aliphatic hydroxyl groups is 1. The molecule has 4 heteroatoms. The van der Waals surface area contributed by atoms with Crippen molar-refractivity contribution >= 4 is 0 Å². The molecule has 1 aromatic heterocycles. The molecule has 2 rings (SSSR count). The maximum atomic E-state index is 13.1. The zero-order valence-corrected chi connectivity index (χ0v) is 9.53. The monoisotopic (exact) mass is 225 g/mol. The number of hydrogen-bond acceptors (Lipinski definition) is 3. The fourth-order valence-electron chi connectivity index (χ4n) is 2.25. The van der Waals surface area contributed by atoms with E-state index in [4.69, 9.17) is 4.74 Å². The number of hydrogen-bond donors (Lipinski definition) is 1. The van der Waals surface area contributed by atoms with E-state index >= 15 is 0 Å². The predicted octanol–water partition coefficient (Wildman–Crippen LogP) is 2.00. The van der Waals surface area contributed by atoms with Gasteiger partial charge < -0.3 is 9.84 Å². The highest BCUT2D eigenvalue weighted by Gasteiger charge is 2.40. The van der Waals surface area contributed by atoms with Gasteiger partial charge in [0.05, 0.1) is 24.0 Å². The highest BCUT2D eigenvalue weighted by atomic mass is 19.1. The Hall–Kier alpha value is -1.00. The number of aromatic nitrogens is 1. The third-order valence-corrected chi connectivity index (χ3v) is 2.97. The Kier molecular flexibility index (Phi) is 2.72. The molecule has 1 aliphatic rings. The first-order valence-electron chi connectivity index (χ1n) is 5.39. The van der Waals surface area contributed by atoms with Gasteiger partial charge in [-0.05, 0) is 19.9 Å². The highest BCUT2D eigenvalue weighted by Crippen LogP contribution is 2.39. The second-order valence-electron chi connectivity index (χ2n) is 4.96. The highest BCUT2D eigenvalue weighted by molar-refractivity contribution is 5.20. The molecular weight excluding hydrogens is 209 g/mol. The summed E-state index contributed by atoms with van der Waals surface area (Å²) in [6.07, 6.45) is 3.58. The van der Waals surface area contributed by atoms with E-state index in [1.54, 1.807) is 0 Å². The lowest BCUT2D eigenvalue weighted by molar-refractivity contribution is -0.148. The number of halogens is 1. The lowest BCUT2D eigenvalue weighted by Gasteiger charge is -2.41. The Morgan fingerprint density at radius 3 is 2.81 bits per heavy atom. The fraction of sp³-hybridized carbons (Fsp3) is 0.583. The van der Waals surface area contributed by atoms with Crippen LogP contribution < -0.4 is 0 Å². The first-order valence-corrected chi connectivity index (χ1v) is 5.39. The Labute approximate surface area is 94.3 Å². The van der Waals surface area contributed by atoms with Gasteiger partial charge in [-0.15, -0.1) is 0 Å². The molecule has 0 radical (unpaired) electrons. The second-order valence-corrected chi connectivity index (χ2v) is 4.96. The average molecular weight is 225 g/mol. The topological polar surface area (TPSA) is 42.4 Å². The maximum absolute atomic E-state index is 13.1. The van der Waals surface area contributed by atoms with Crippen LogP contribution in [0, 0.1) is 5.82 Å². The molecule has 1 atom stereocenters. The van der Waals surface area contributed by atoms with Crippen molar-refractivity contribution in [1.82, 2.24) is 4.98 Å². The molecule has 3 nitrogen and oxygen atoms in total. The Balaban J connectivity index is 2.31. The van der Waals surface area contributed by atoms with Gasteiger partial charge >= 0.3 is 0 Å². The predicted molar refractivity (Wildman–Crippen MR) is 57.4 cm³/mol. The van der Waals surface area contributed by atoms with E-state index in [0.717, 1.165) is 6.20 Å². The van der Waals surface area contributed by atoms with Crippen molar-refractivity contribution in [2.45, 2.75) is 37.9 Å². The maximum Gasteiger partial charge on any atom is 0.141 e. The van der Waals surface area contributed by atoms with E-state index in [2.05, 4.69) is 4.98 Å². The molecule has 2 heterocycles. The average Bonchev–Trinajstić information content (AvgIpc) is 2.15. The van der Waals surface area contributed by atoms with Gasteiger partial charge in [0, 0.05) is 24.6 Å². The summed E-state index contributed by atoms with van der Waals surface area (Å²) in [5.41, 5.74) is -0.889. The molecule has 1 fully saturated rings. The Morgan fingerprint density at radius 1 is 1.44 bits per heavy atom. The first kappa shape index (κ1) is 11.5. The van der Waals surface area contributed by atoms with Gasteiger partial charge in [-0.25, -0.2) is 4.39 Å². The van der Waals surface area contributed by atoms with Crippen LogP contribution in [0.2, 0.25) is 0 Å². The van der Waals surface area contributed by atoms with Gasteiger partial charge in [-0.3, -0.25) is 4.98 Å². The van der Waals surface area contributed by atoms with Crippen LogP contribution in [0.15, 0.2) is 18.5 Å². The van der Waals surface area contributed by atoms with Crippen molar-refractivity contribution in [2.24, 2.45) is 0 Å². The Bertz CT molecular complexity index is 394. The van der Waals surface area contributed by atoms with Crippen LogP contribution in [0.5, 0.6) is 0 Å². The lowest BCUT2D eigenvalue weighted by Crippen LogP contribution is -2.44. The van der Waals surface area contributed by atoms with Crippen LogP contribution in [0.25, 0.3) is 0 Å². The van der Waals surface area contributed by atoms with E-state index in [-0.39, 0.29) is 5.60 Å². The second kappa shape index (κ2) is 3.79. The van der Waals surface area contributed by atoms with E-state index in [0.29, 0.717) is 25.0 Å². The summed E-state index contributed by atoms with van der Waals surface area (Å²) in [4.78, 5) is 3.78. The van der Waals surface area contributed by atoms with Crippen LogP contribution in [0.1, 0.15) is 32.3 Å². The molecule has 1 unspecified atom stereocenters. The summed E-state index contributed by atoms with van der Waals surface area (Å²) in [5.74, 6) is -0.421. The molecule has 88 valence electrons. The third kappa shape index (κ3) is 2.23. The van der Waals surface area contributed by atoms with Gasteiger partial charge in [-0.1, -0.05) is 0 Å². The summed E-state index contributed by atoms with van der Waals surface area (Å²) >= 11 is 0. The SMILES string of the molecule is CC1(C)CC(O)(c2cncc(F)c2)CCO1. The van der Waals surface area contributed by atoms with Crippen LogP contribution >= 0.6 is 0 Å². The van der Waals surface area contributed by atoms with E-state index in [9.17, 15) is 9.50 Å². The number of pyridine rings is 1. The molecular formula is C12H16FNO2. The van der Waals surface area contributed by atoms with Crippen LogP contribution in [0.4, 0.5) is 4.39 Å². The summed E-state index contributed by atoms with van der Waals surface area (Å²) in [5, 5.41) is 10.5. The van der Waals surface area contributed by atoms with Crippen molar-refractivity contribution < 1.29 is 14.2 Å². The zero-order chi connectivity index (χ0) is 11.8. The van der Waals surface area contributed by atoms with E-state index < -0.39 is 11.4 Å². The minimum absolute atomic E-state index is 0.390. The first-order chi connectivity index (χ1) is 7.41. The van der Waals surface area contributed by atoms with Crippen molar-refractivity contribution in [2.75, 3.05) is 6.61 Å². The molecule has 0 aromatic carbocycles. The van der Waals surface area contributed by atoms with Crippen molar-refractivity contribution in [3.63, 3.8) is 0 Å². The van der Waals surface area contributed by atoms with E-state index in [1.165, 1.54) is 12.3 Å². The number of nitrogens with zero attached hydrogens (tertiary/aromatic N) is 1. The zero-order valence-electron chi connectivity index (χ0n) is 9.53. The summed E-state index contributed by atoms with van der Waals surface area (Å²) in [6.45, 7) is 4.31. The minimum atomic E-state index is -1.03. The normalized spacial score (nSPS) is 29.0. The fourth-order valence-corrected chi connectivity index (χ4v) is 2.25. The van der Waals surface area contributed by atoms with Crippen molar-refractivity contribution in [3.8, 4) is 0 Å². The molecule has 0 aliphatic carbocycles. The van der Waals surface area contributed by atoms with Gasteiger partial charge in [0.2, 0.25) is 0 Å². The van der Waals surface area contributed by atoms with Crippen LogP contribution in [-0.2, 0) is 10.3 Å². The molecule has 0 spiro atoms. The van der Waals surface area contributed by atoms with Gasteiger partial charge in [0.1, 0.15) is 5.82 Å². The molecule has 1 aliphatic heterocycles. The largest absolute Gasteiger partial charge is 0.385 e. The molecule has 1 N–H and O–H groups in total. The van der Waals surface area contributed by atoms with Gasteiger partial charge in [0.25, 0.3) is 0 Å². The van der Waals surface area contributed by atoms with Gasteiger partial charge in [-0.2, -0.15) is 0 Å². The molecule has 1 aromatic rings. The molecule has 0 amide bonds. The summed E-state index contributed by atoms with van der Waals surface area (Å²) in [6, 6.07) is 1.34. The lowest BCUT2D eigenvalue weighted by atomic mass is 9.80. The summed E-state index contributed by atoms with van der Waals surface area (Å²) in [7, 11) is 0. The van der Waals surface area contributed by atoms with Crippen LogP contribution in [-0.4, -0.2) is 22.3 Å². The third-order valence-electron chi connectivity index (χ3n) is 2.97. The molecule has 0 saturated carbocycles. The molecule has 0 bridgehead atoms. The summed E-state index contributed by atoms with van der Waals surface area (Å²) < 4.78 is 18.6.